The Labute approximate surface area is 169 Å². The lowest BCUT2D eigenvalue weighted by molar-refractivity contribution is -0.113. The van der Waals surface area contributed by atoms with Gasteiger partial charge in [-0.2, -0.15) is 0 Å². The van der Waals surface area contributed by atoms with Crippen LogP contribution in [-0.4, -0.2) is 32.2 Å². The molecule has 1 aliphatic rings. The normalized spacial score (nSPS) is 16.2. The number of ether oxygens (including phenoxy) is 2. The molecule has 1 heterocycles. The second-order valence-corrected chi connectivity index (χ2v) is 6.40. The van der Waals surface area contributed by atoms with Crippen molar-refractivity contribution in [1.82, 2.24) is 10.6 Å². The number of urea groups is 1. The molecular formula is C22H23N3O4. The van der Waals surface area contributed by atoms with E-state index in [1.54, 1.807) is 38.3 Å². The summed E-state index contributed by atoms with van der Waals surface area (Å²) in [4.78, 5) is 25.0. The Balaban J connectivity index is 1.87. The van der Waals surface area contributed by atoms with Crippen LogP contribution < -0.4 is 25.4 Å². The van der Waals surface area contributed by atoms with E-state index in [4.69, 9.17) is 9.47 Å². The van der Waals surface area contributed by atoms with Gasteiger partial charge in [0.25, 0.3) is 5.91 Å². The third-order valence-corrected chi connectivity index (χ3v) is 4.48. The van der Waals surface area contributed by atoms with E-state index in [9.17, 15) is 9.59 Å². The third-order valence-electron chi connectivity index (χ3n) is 4.48. The van der Waals surface area contributed by atoms with Gasteiger partial charge in [0.05, 0.1) is 31.5 Å². The lowest BCUT2D eigenvalue weighted by atomic mass is 10.0. The monoisotopic (exact) mass is 393 g/mol. The first kappa shape index (κ1) is 20.0. The third kappa shape index (κ3) is 4.76. The van der Waals surface area contributed by atoms with E-state index in [1.807, 2.05) is 36.4 Å². The number of amides is 3. The van der Waals surface area contributed by atoms with Crippen molar-refractivity contribution in [2.45, 2.75) is 13.0 Å². The number of allylic oxidation sites excluding steroid dienone is 1. The molecule has 0 spiro atoms. The van der Waals surface area contributed by atoms with Gasteiger partial charge >= 0.3 is 6.03 Å². The van der Waals surface area contributed by atoms with Crippen molar-refractivity contribution in [3.8, 4) is 11.5 Å². The van der Waals surface area contributed by atoms with E-state index in [2.05, 4.69) is 16.0 Å². The fourth-order valence-electron chi connectivity index (χ4n) is 3.04. The van der Waals surface area contributed by atoms with Crippen LogP contribution in [0.15, 0.2) is 65.9 Å². The van der Waals surface area contributed by atoms with E-state index in [0.717, 1.165) is 5.56 Å². The molecule has 29 heavy (non-hydrogen) atoms. The van der Waals surface area contributed by atoms with Crippen LogP contribution in [-0.2, 0) is 4.79 Å². The molecule has 0 fully saturated rings. The SMILES string of the molecule is COc1ccc(NC(=O)C2=C(C)NC(=O)NC2/C=C\c2ccccc2)c(OC)c1. The Morgan fingerprint density at radius 3 is 2.55 bits per heavy atom. The van der Waals surface area contributed by atoms with Crippen LogP contribution in [0.25, 0.3) is 6.08 Å². The average molecular weight is 393 g/mol. The van der Waals surface area contributed by atoms with E-state index < -0.39 is 6.04 Å². The molecule has 7 heteroatoms. The molecule has 2 aromatic rings. The van der Waals surface area contributed by atoms with Gasteiger partial charge in [0.2, 0.25) is 0 Å². The molecule has 3 N–H and O–H groups in total. The zero-order valence-corrected chi connectivity index (χ0v) is 16.5. The lowest BCUT2D eigenvalue weighted by Gasteiger charge is -2.26. The largest absolute Gasteiger partial charge is 0.497 e. The molecule has 3 rings (SSSR count). The van der Waals surface area contributed by atoms with Crippen LogP contribution in [0.4, 0.5) is 10.5 Å². The van der Waals surface area contributed by atoms with Gasteiger partial charge in [-0.05, 0) is 24.6 Å². The number of hydrogen-bond donors (Lipinski definition) is 3. The van der Waals surface area contributed by atoms with Crippen molar-refractivity contribution < 1.29 is 19.1 Å². The average Bonchev–Trinajstić information content (AvgIpc) is 2.72. The van der Waals surface area contributed by atoms with Crippen LogP contribution >= 0.6 is 0 Å². The standard InChI is InChI=1S/C22H23N3O4/c1-14-20(21(26)24-17-12-10-16(28-2)13-19(17)29-3)18(25-22(27)23-14)11-9-15-7-5-4-6-8-15/h4-13,18H,1-3H3,(H,24,26)(H2,23,25,27)/b11-9-. The van der Waals surface area contributed by atoms with Gasteiger partial charge < -0.3 is 25.4 Å². The number of hydrogen-bond acceptors (Lipinski definition) is 4. The van der Waals surface area contributed by atoms with Crippen molar-refractivity contribution in [1.29, 1.82) is 0 Å². The fraction of sp³-hybridized carbons (Fsp3) is 0.182. The van der Waals surface area contributed by atoms with Gasteiger partial charge in [-0.15, -0.1) is 0 Å². The maximum absolute atomic E-state index is 13.0. The molecule has 0 aliphatic carbocycles. The smallest absolute Gasteiger partial charge is 0.319 e. The Morgan fingerprint density at radius 2 is 1.86 bits per heavy atom. The maximum Gasteiger partial charge on any atom is 0.319 e. The highest BCUT2D eigenvalue weighted by Crippen LogP contribution is 2.30. The molecule has 0 aromatic heterocycles. The quantitative estimate of drug-likeness (QED) is 0.703. The Kier molecular flexibility index (Phi) is 6.19. The van der Waals surface area contributed by atoms with Crippen LogP contribution in [0.5, 0.6) is 11.5 Å². The summed E-state index contributed by atoms with van der Waals surface area (Å²) in [7, 11) is 3.07. The van der Waals surface area contributed by atoms with Crippen molar-refractivity contribution in [2.75, 3.05) is 19.5 Å². The summed E-state index contributed by atoms with van der Waals surface area (Å²) >= 11 is 0. The van der Waals surface area contributed by atoms with Crippen LogP contribution in [0.3, 0.4) is 0 Å². The summed E-state index contributed by atoms with van der Waals surface area (Å²) in [5.41, 5.74) is 2.37. The number of carbonyl (C=O) groups is 2. The highest BCUT2D eigenvalue weighted by Gasteiger charge is 2.28. The number of methoxy groups -OCH3 is 2. The maximum atomic E-state index is 13.0. The highest BCUT2D eigenvalue weighted by molar-refractivity contribution is 6.07. The van der Waals surface area contributed by atoms with E-state index in [0.29, 0.717) is 28.5 Å². The topological polar surface area (TPSA) is 88.7 Å². The van der Waals surface area contributed by atoms with Gasteiger partial charge in [-0.3, -0.25) is 4.79 Å². The predicted molar refractivity (Wildman–Crippen MR) is 112 cm³/mol. The lowest BCUT2D eigenvalue weighted by Crippen LogP contribution is -2.49. The number of nitrogens with one attached hydrogen (secondary N) is 3. The van der Waals surface area contributed by atoms with Crippen LogP contribution in [0.1, 0.15) is 12.5 Å². The Hall–Kier alpha value is -3.74. The molecule has 1 aliphatic heterocycles. The molecule has 150 valence electrons. The molecule has 0 radical (unpaired) electrons. The minimum Gasteiger partial charge on any atom is -0.497 e. The zero-order chi connectivity index (χ0) is 20.8. The summed E-state index contributed by atoms with van der Waals surface area (Å²) < 4.78 is 10.5. The minimum absolute atomic E-state index is 0.346. The molecule has 0 saturated heterocycles. The molecule has 2 aromatic carbocycles. The van der Waals surface area contributed by atoms with E-state index in [-0.39, 0.29) is 11.9 Å². The number of benzene rings is 2. The molecule has 7 nitrogen and oxygen atoms in total. The summed E-state index contributed by atoms with van der Waals surface area (Å²) in [6.07, 6.45) is 3.66. The van der Waals surface area contributed by atoms with Crippen molar-refractivity contribution in [3.63, 3.8) is 0 Å². The summed E-state index contributed by atoms with van der Waals surface area (Å²) in [5, 5.41) is 8.28. The van der Waals surface area contributed by atoms with Crippen LogP contribution in [0, 0.1) is 0 Å². The van der Waals surface area contributed by atoms with Gasteiger partial charge in [0, 0.05) is 11.8 Å². The highest BCUT2D eigenvalue weighted by atomic mass is 16.5. The zero-order valence-electron chi connectivity index (χ0n) is 16.5. The number of rotatable bonds is 6. The first-order valence-corrected chi connectivity index (χ1v) is 9.06. The predicted octanol–water partition coefficient (Wildman–Crippen LogP) is 3.31. The Morgan fingerprint density at radius 1 is 1.10 bits per heavy atom. The number of carbonyl (C=O) groups excluding carboxylic acids is 2. The van der Waals surface area contributed by atoms with Gasteiger partial charge in [0.1, 0.15) is 11.5 Å². The summed E-state index contributed by atoms with van der Waals surface area (Å²) in [5.74, 6) is 0.742. The van der Waals surface area contributed by atoms with Crippen molar-refractivity contribution in [2.24, 2.45) is 0 Å². The van der Waals surface area contributed by atoms with Crippen molar-refractivity contribution >= 4 is 23.7 Å². The molecule has 1 atom stereocenters. The Bertz CT molecular complexity index is 967. The second kappa shape index (κ2) is 8.97. The fourth-order valence-corrected chi connectivity index (χ4v) is 3.04. The first-order chi connectivity index (χ1) is 14.0. The second-order valence-electron chi connectivity index (χ2n) is 6.40. The molecule has 0 saturated carbocycles. The molecule has 1 unspecified atom stereocenters. The van der Waals surface area contributed by atoms with Gasteiger partial charge in [-0.25, -0.2) is 4.79 Å². The minimum atomic E-state index is -0.576. The summed E-state index contributed by atoms with van der Waals surface area (Å²) in [6.45, 7) is 1.70. The van der Waals surface area contributed by atoms with E-state index >= 15 is 0 Å². The van der Waals surface area contributed by atoms with Crippen LogP contribution in [0.2, 0.25) is 0 Å². The van der Waals surface area contributed by atoms with Gasteiger partial charge in [0.15, 0.2) is 0 Å². The van der Waals surface area contributed by atoms with E-state index in [1.165, 1.54) is 7.11 Å². The van der Waals surface area contributed by atoms with Gasteiger partial charge in [-0.1, -0.05) is 42.5 Å². The molecule has 3 amide bonds. The number of anilines is 1. The van der Waals surface area contributed by atoms with Crippen molar-refractivity contribution in [3.05, 3.63) is 71.4 Å². The first-order valence-electron chi connectivity index (χ1n) is 9.06. The summed E-state index contributed by atoms with van der Waals surface area (Å²) in [6, 6.07) is 13.8. The molecular weight excluding hydrogens is 370 g/mol. The molecule has 0 bridgehead atoms.